The van der Waals surface area contributed by atoms with Crippen LogP contribution in [-0.2, 0) is 85.7 Å². The van der Waals surface area contributed by atoms with E-state index in [0.717, 1.165) is 53.7 Å². The van der Waals surface area contributed by atoms with Crippen LogP contribution in [0.2, 0.25) is 0 Å². The maximum absolute atomic E-state index is 13.1. The summed E-state index contributed by atoms with van der Waals surface area (Å²) < 4.78 is 76.2. The second-order valence-corrected chi connectivity index (χ2v) is 14.2. The van der Waals surface area contributed by atoms with Crippen LogP contribution in [0.3, 0.4) is 0 Å². The maximum atomic E-state index is 13.1. The van der Waals surface area contributed by atoms with Gasteiger partial charge in [0, 0.05) is 79.0 Å². The minimum absolute atomic E-state index is 0.00785. The molecule has 0 bridgehead atoms. The molecule has 22 nitrogen and oxygen atoms in total. The molecule has 66 heavy (non-hydrogen) atoms. The first kappa shape index (κ1) is 51.8. The van der Waals surface area contributed by atoms with Crippen molar-refractivity contribution in [2.75, 3.05) is 41.7 Å². The summed E-state index contributed by atoms with van der Waals surface area (Å²) >= 11 is 0. The molecule has 2 aromatic carbocycles. The molecule has 2 fully saturated rings. The molecule has 2 aromatic rings. The Kier molecular flexibility index (Phi) is 18.7. The fourth-order valence-electron chi connectivity index (χ4n) is 6.73. The lowest BCUT2D eigenvalue weighted by molar-refractivity contribution is -0.181. The van der Waals surface area contributed by atoms with Gasteiger partial charge in [0.25, 0.3) is 0 Å². The molecule has 0 amide bonds. The van der Waals surface area contributed by atoms with Crippen LogP contribution in [0.15, 0.2) is 36.4 Å². The number of methoxy groups -OCH3 is 4. The van der Waals surface area contributed by atoms with Crippen LogP contribution >= 0.6 is 0 Å². The van der Waals surface area contributed by atoms with Gasteiger partial charge in [-0.3, -0.25) is 28.8 Å². The Labute approximate surface area is 378 Å². The van der Waals surface area contributed by atoms with Crippen molar-refractivity contribution < 1.29 is 105 Å². The van der Waals surface area contributed by atoms with Crippen LogP contribution in [0.5, 0.6) is 23.0 Å². The fourth-order valence-corrected chi connectivity index (χ4v) is 6.73. The quantitative estimate of drug-likeness (QED) is 0.0644. The second kappa shape index (κ2) is 23.9. The predicted octanol–water partition coefficient (Wildman–Crippen LogP) is 2.80. The van der Waals surface area contributed by atoms with Gasteiger partial charge in [-0.25, -0.2) is 9.59 Å². The lowest BCUT2D eigenvalue weighted by Gasteiger charge is -2.22. The molecule has 358 valence electrons. The molecule has 0 spiro atoms. The van der Waals surface area contributed by atoms with Crippen molar-refractivity contribution in [2.24, 2.45) is 0 Å². The molecule has 0 N–H and O–H groups in total. The van der Waals surface area contributed by atoms with E-state index in [0.29, 0.717) is 0 Å². The predicted molar refractivity (Wildman–Crippen MR) is 221 cm³/mol. The van der Waals surface area contributed by atoms with Crippen molar-refractivity contribution in [3.8, 4) is 34.1 Å². The van der Waals surface area contributed by atoms with Gasteiger partial charge in [0.2, 0.25) is 0 Å². The van der Waals surface area contributed by atoms with E-state index in [1.54, 1.807) is 0 Å². The van der Waals surface area contributed by atoms with Crippen LogP contribution in [0.4, 0.5) is 0 Å². The Hall–Kier alpha value is -6.88. The molecular formula is C44H50O22. The minimum atomic E-state index is -1.17. The highest BCUT2D eigenvalue weighted by atomic mass is 16.8. The van der Waals surface area contributed by atoms with Crippen molar-refractivity contribution in [3.63, 3.8) is 0 Å². The number of carbonyl (C=O) groups excluding carboxylic acids is 8. The third-order valence-electron chi connectivity index (χ3n) is 9.19. The van der Waals surface area contributed by atoms with E-state index in [4.69, 9.17) is 66.3 Å². The lowest BCUT2D eigenvalue weighted by Crippen LogP contribution is -2.41. The smallest absolute Gasteiger partial charge is 0.330 e. The van der Waals surface area contributed by atoms with E-state index < -0.39 is 110 Å². The Balaban J connectivity index is 1.67. The van der Waals surface area contributed by atoms with Gasteiger partial charge in [-0.05, 0) is 47.5 Å². The summed E-state index contributed by atoms with van der Waals surface area (Å²) in [4.78, 5) is 98.2. The number of hydrogen-bond donors (Lipinski definition) is 0. The zero-order valence-electron chi connectivity index (χ0n) is 37.6. The summed E-state index contributed by atoms with van der Waals surface area (Å²) in [6.45, 7) is 5.97. The molecule has 0 aromatic heterocycles. The van der Waals surface area contributed by atoms with Crippen LogP contribution in [0, 0.1) is 0 Å². The van der Waals surface area contributed by atoms with Crippen molar-refractivity contribution in [3.05, 3.63) is 47.5 Å². The Bertz CT molecular complexity index is 2060. The molecule has 0 unspecified atom stereocenters. The molecule has 0 radical (unpaired) electrons. The number of hydrogen-bond acceptors (Lipinski definition) is 22. The van der Waals surface area contributed by atoms with E-state index in [-0.39, 0.29) is 45.3 Å². The first-order valence-corrected chi connectivity index (χ1v) is 19.8. The van der Waals surface area contributed by atoms with Crippen molar-refractivity contribution in [1.29, 1.82) is 0 Å². The number of rotatable bonds is 19. The van der Waals surface area contributed by atoms with Crippen molar-refractivity contribution in [1.82, 2.24) is 0 Å². The summed E-state index contributed by atoms with van der Waals surface area (Å²) in [5.74, 6) is -6.38. The maximum Gasteiger partial charge on any atom is 0.330 e. The Morgan fingerprint density at radius 2 is 0.818 bits per heavy atom. The van der Waals surface area contributed by atoms with E-state index >= 15 is 0 Å². The van der Waals surface area contributed by atoms with Crippen LogP contribution in [-0.4, -0.2) is 139 Å². The number of esters is 8. The number of benzene rings is 2. The molecule has 22 heteroatoms. The van der Waals surface area contributed by atoms with Gasteiger partial charge >= 0.3 is 47.8 Å². The van der Waals surface area contributed by atoms with Crippen LogP contribution in [0.25, 0.3) is 23.3 Å². The highest BCUT2D eigenvalue weighted by Crippen LogP contribution is 2.47. The summed E-state index contributed by atoms with van der Waals surface area (Å²) in [7, 11) is 5.16. The van der Waals surface area contributed by atoms with Gasteiger partial charge in [0.15, 0.2) is 60.0 Å². The van der Waals surface area contributed by atoms with Gasteiger partial charge in [0.05, 0.1) is 14.2 Å². The average molecular weight is 933 g/mol. The molecule has 0 saturated carbocycles. The third-order valence-corrected chi connectivity index (χ3v) is 9.19. The summed E-state index contributed by atoms with van der Waals surface area (Å²) in [5.41, 5.74) is 0.703. The third kappa shape index (κ3) is 14.1. The lowest BCUT2D eigenvalue weighted by atomic mass is 9.97. The second-order valence-electron chi connectivity index (χ2n) is 14.2. The largest absolute Gasteiger partial charge is 0.493 e. The topological polar surface area (TPSA) is 266 Å². The molecule has 2 heterocycles. The van der Waals surface area contributed by atoms with Crippen molar-refractivity contribution in [2.45, 2.75) is 90.7 Å². The van der Waals surface area contributed by atoms with Gasteiger partial charge in [0.1, 0.15) is 25.4 Å². The Morgan fingerprint density at radius 1 is 0.485 bits per heavy atom. The highest BCUT2D eigenvalue weighted by molar-refractivity contribution is 5.92. The van der Waals surface area contributed by atoms with Crippen LogP contribution in [0.1, 0.15) is 52.7 Å². The Morgan fingerprint density at radius 3 is 1.11 bits per heavy atom. The first-order chi connectivity index (χ1) is 31.3. The first-order valence-electron chi connectivity index (χ1n) is 19.8. The monoisotopic (exact) mass is 932 g/mol. The van der Waals surface area contributed by atoms with Crippen molar-refractivity contribution >= 4 is 59.9 Å². The SMILES string of the molecule is COc1cc(/C=C/[13C](=O)OC[C@H]2O[C@H](OC)[C@@H](OC(C)=O)[C@@H]2OC(C)=O)cc(-c2cc(/C=C/[13C](=O)OC[C@H]3O[C@H](OC)[C@@H](OC(C)=O)[C@@H]3OC(C)=O)cc(OC)c2OC(C)=O)c1OC(C)=O. The molecular weight excluding hydrogens is 882 g/mol. The normalized spacial score (nSPS) is 22.3. The van der Waals surface area contributed by atoms with Gasteiger partial charge in [-0.1, -0.05) is 0 Å². The molecule has 2 aliphatic rings. The summed E-state index contributed by atoms with van der Waals surface area (Å²) in [6.07, 6.45) is -4.32. The highest BCUT2D eigenvalue weighted by Gasteiger charge is 2.51. The number of ether oxygens (including phenoxy) is 14. The zero-order valence-corrected chi connectivity index (χ0v) is 37.6. The molecule has 8 atom stereocenters. The van der Waals surface area contributed by atoms with Gasteiger partial charge < -0.3 is 66.3 Å². The van der Waals surface area contributed by atoms with E-state index in [1.165, 1.54) is 64.9 Å². The van der Waals surface area contributed by atoms with E-state index in [1.807, 2.05) is 0 Å². The van der Waals surface area contributed by atoms with Crippen LogP contribution < -0.4 is 18.9 Å². The summed E-state index contributed by atoms with van der Waals surface area (Å²) in [6, 6.07) is 5.80. The molecule has 0 aliphatic carbocycles. The van der Waals surface area contributed by atoms with E-state index in [2.05, 4.69) is 0 Å². The zero-order chi connectivity index (χ0) is 48.8. The van der Waals surface area contributed by atoms with Gasteiger partial charge in [-0.15, -0.1) is 0 Å². The average Bonchev–Trinajstić information content (AvgIpc) is 3.74. The summed E-state index contributed by atoms with van der Waals surface area (Å²) in [5, 5.41) is 0. The molecule has 4 rings (SSSR count). The standard InChI is InChI=1S/C44H50O22/c1-21(45)59-37-29(15-27(17-31(37)53-7)11-13-35(51)57-19-33-39(61-23(3)47)41(63-25(5)49)43(55-9)65-33)30-16-28(18-32(54-8)38(30)60-22(2)46)12-14-36(52)58-20-34-40(62-24(4)48)42(64-26(6)50)44(56-10)66-34/h11-18,33-34,39-44H,19-20H2,1-10H3/b13-11+,14-12+/t33-,34-,39-,40-,41+,42+,43+,44+/m1/s1/i35+1,36+1. The molecule has 2 aliphatic heterocycles. The molecule has 2 saturated heterocycles. The van der Waals surface area contributed by atoms with E-state index in [9.17, 15) is 38.4 Å². The minimum Gasteiger partial charge on any atom is -0.493 e. The van der Waals surface area contributed by atoms with Gasteiger partial charge in [-0.2, -0.15) is 0 Å². The number of carbonyl (C=O) groups is 8. The fraction of sp³-hybridized carbons (Fsp3) is 0.455.